The highest BCUT2D eigenvalue weighted by atomic mass is 16.6. The summed E-state index contributed by atoms with van der Waals surface area (Å²) in [6.45, 7) is 6.24. The largest absolute Gasteiger partial charge is 0.461 e. The van der Waals surface area contributed by atoms with Gasteiger partial charge in [-0.25, -0.2) is 4.79 Å². The van der Waals surface area contributed by atoms with Gasteiger partial charge in [0, 0.05) is 19.1 Å². The summed E-state index contributed by atoms with van der Waals surface area (Å²) < 4.78 is 10.7. The summed E-state index contributed by atoms with van der Waals surface area (Å²) in [6.07, 6.45) is 5.00. The molecule has 4 rings (SSSR count). The van der Waals surface area contributed by atoms with Gasteiger partial charge in [-0.2, -0.15) is 0 Å². The van der Waals surface area contributed by atoms with Crippen LogP contribution in [-0.2, 0) is 20.9 Å². The first kappa shape index (κ1) is 20.2. The number of rotatable bonds is 5. The highest BCUT2D eigenvalue weighted by Crippen LogP contribution is 2.50. The standard InChI is InChI=1S/C23H32N2O4/c1-2-28-22(27)25-13-10-23(17-25)14-20(15-23)24-11-8-19(9-12-24)21(26)29-16-18-6-4-3-5-7-18/h3-7,19-20H,2,8-17H2,1H3. The first-order chi connectivity index (χ1) is 14.1. The molecule has 29 heavy (non-hydrogen) atoms. The average molecular weight is 401 g/mol. The van der Waals surface area contributed by atoms with Crippen molar-refractivity contribution in [3.05, 3.63) is 35.9 Å². The van der Waals surface area contributed by atoms with E-state index in [0.717, 1.165) is 63.8 Å². The van der Waals surface area contributed by atoms with Crippen LogP contribution in [-0.4, -0.2) is 60.7 Å². The number of hydrogen-bond donors (Lipinski definition) is 0. The van der Waals surface area contributed by atoms with E-state index < -0.39 is 0 Å². The molecule has 0 atom stereocenters. The van der Waals surface area contributed by atoms with Crippen molar-refractivity contribution in [3.8, 4) is 0 Å². The van der Waals surface area contributed by atoms with Crippen LogP contribution in [0.15, 0.2) is 30.3 Å². The summed E-state index contributed by atoms with van der Waals surface area (Å²) in [5.74, 6) is -0.0331. The molecule has 0 N–H and O–H groups in total. The number of piperidine rings is 1. The number of hydrogen-bond acceptors (Lipinski definition) is 5. The second-order valence-electron chi connectivity index (χ2n) is 8.84. The molecule has 1 aromatic carbocycles. The molecule has 6 heteroatoms. The molecule has 2 aliphatic heterocycles. The molecule has 3 aliphatic rings. The third-order valence-electron chi connectivity index (χ3n) is 6.90. The fraction of sp³-hybridized carbons (Fsp3) is 0.652. The summed E-state index contributed by atoms with van der Waals surface area (Å²) in [7, 11) is 0. The molecule has 2 saturated heterocycles. The van der Waals surface area contributed by atoms with Crippen LogP contribution in [0.1, 0.15) is 44.6 Å². The maximum atomic E-state index is 12.4. The molecule has 1 amide bonds. The third kappa shape index (κ3) is 4.58. The summed E-state index contributed by atoms with van der Waals surface area (Å²) >= 11 is 0. The smallest absolute Gasteiger partial charge is 0.409 e. The lowest BCUT2D eigenvalue weighted by Crippen LogP contribution is -2.54. The lowest BCUT2D eigenvalue weighted by molar-refractivity contribution is -0.152. The molecule has 3 fully saturated rings. The molecule has 158 valence electrons. The van der Waals surface area contributed by atoms with Crippen molar-refractivity contribution in [3.63, 3.8) is 0 Å². The van der Waals surface area contributed by atoms with Gasteiger partial charge in [0.15, 0.2) is 0 Å². The van der Waals surface area contributed by atoms with Gasteiger partial charge in [-0.15, -0.1) is 0 Å². The van der Waals surface area contributed by atoms with Gasteiger partial charge in [-0.05, 0) is 63.1 Å². The summed E-state index contributed by atoms with van der Waals surface area (Å²) in [6, 6.07) is 10.4. The van der Waals surface area contributed by atoms with Gasteiger partial charge in [0.2, 0.25) is 0 Å². The molecule has 0 unspecified atom stereocenters. The number of carbonyl (C=O) groups excluding carboxylic acids is 2. The maximum Gasteiger partial charge on any atom is 0.409 e. The van der Waals surface area contributed by atoms with E-state index in [9.17, 15) is 9.59 Å². The zero-order chi connectivity index (χ0) is 20.3. The van der Waals surface area contributed by atoms with Gasteiger partial charge in [0.05, 0.1) is 12.5 Å². The number of carbonyl (C=O) groups is 2. The normalized spacial score (nSPS) is 27.6. The minimum absolute atomic E-state index is 0.0229. The van der Waals surface area contributed by atoms with Gasteiger partial charge in [-0.3, -0.25) is 4.79 Å². The molecular formula is C23H32N2O4. The van der Waals surface area contributed by atoms with E-state index in [1.165, 1.54) is 0 Å². The van der Waals surface area contributed by atoms with Crippen molar-refractivity contribution >= 4 is 12.1 Å². The van der Waals surface area contributed by atoms with Crippen LogP contribution < -0.4 is 0 Å². The van der Waals surface area contributed by atoms with E-state index in [1.807, 2.05) is 42.2 Å². The lowest BCUT2D eigenvalue weighted by Gasteiger charge is -2.51. The third-order valence-corrected chi connectivity index (χ3v) is 6.90. The monoisotopic (exact) mass is 400 g/mol. The average Bonchev–Trinajstić information content (AvgIpc) is 3.18. The topological polar surface area (TPSA) is 59.1 Å². The molecule has 1 aliphatic carbocycles. The minimum Gasteiger partial charge on any atom is -0.461 e. The quantitative estimate of drug-likeness (QED) is 0.709. The van der Waals surface area contributed by atoms with Crippen LogP contribution in [0.2, 0.25) is 0 Å². The van der Waals surface area contributed by atoms with Crippen molar-refractivity contribution in [2.24, 2.45) is 11.3 Å². The van der Waals surface area contributed by atoms with Crippen LogP contribution in [0, 0.1) is 11.3 Å². The molecule has 0 radical (unpaired) electrons. The van der Waals surface area contributed by atoms with Crippen LogP contribution in [0.25, 0.3) is 0 Å². The first-order valence-corrected chi connectivity index (χ1v) is 10.9. The molecule has 2 heterocycles. The summed E-state index contributed by atoms with van der Waals surface area (Å²) in [5, 5.41) is 0. The van der Waals surface area contributed by atoms with Gasteiger partial charge in [0.1, 0.15) is 6.61 Å². The fourth-order valence-corrected chi connectivity index (χ4v) is 5.18. The molecule has 1 saturated carbocycles. The minimum atomic E-state index is -0.164. The van der Waals surface area contributed by atoms with Crippen molar-refractivity contribution in [2.45, 2.75) is 51.7 Å². The Hall–Kier alpha value is -2.08. The number of esters is 1. The van der Waals surface area contributed by atoms with Crippen LogP contribution in [0.3, 0.4) is 0 Å². The van der Waals surface area contributed by atoms with Crippen molar-refractivity contribution in [2.75, 3.05) is 32.8 Å². The highest BCUT2D eigenvalue weighted by molar-refractivity contribution is 5.72. The first-order valence-electron chi connectivity index (χ1n) is 10.9. The SMILES string of the molecule is CCOC(=O)N1CCC2(CC(N3CCC(C(=O)OCc4ccccc4)CC3)C2)C1. The Labute approximate surface area is 173 Å². The maximum absolute atomic E-state index is 12.4. The van der Waals surface area contributed by atoms with Crippen LogP contribution in [0.4, 0.5) is 4.79 Å². The summed E-state index contributed by atoms with van der Waals surface area (Å²) in [5.41, 5.74) is 1.33. The molecular weight excluding hydrogens is 368 g/mol. The Morgan fingerprint density at radius 1 is 1.07 bits per heavy atom. The zero-order valence-electron chi connectivity index (χ0n) is 17.3. The van der Waals surface area contributed by atoms with E-state index >= 15 is 0 Å². The van der Waals surface area contributed by atoms with Crippen LogP contribution >= 0.6 is 0 Å². The molecule has 6 nitrogen and oxygen atoms in total. The Morgan fingerprint density at radius 2 is 1.79 bits per heavy atom. The molecule has 0 bridgehead atoms. The Kier molecular flexibility index (Phi) is 6.09. The predicted molar refractivity (Wildman–Crippen MR) is 109 cm³/mol. The van der Waals surface area contributed by atoms with E-state index in [1.54, 1.807) is 0 Å². The fourth-order valence-electron chi connectivity index (χ4n) is 5.18. The van der Waals surface area contributed by atoms with Crippen molar-refractivity contribution < 1.29 is 19.1 Å². The van der Waals surface area contributed by atoms with Crippen molar-refractivity contribution in [1.82, 2.24) is 9.80 Å². The number of likely N-dealkylation sites (tertiary alicyclic amines) is 2. The van der Waals surface area contributed by atoms with Crippen LogP contribution in [0.5, 0.6) is 0 Å². The Balaban J connectivity index is 1.17. The number of benzene rings is 1. The summed E-state index contributed by atoms with van der Waals surface area (Å²) in [4.78, 5) is 28.8. The van der Waals surface area contributed by atoms with Gasteiger partial charge in [-0.1, -0.05) is 30.3 Å². The van der Waals surface area contributed by atoms with E-state index in [0.29, 0.717) is 24.7 Å². The van der Waals surface area contributed by atoms with E-state index in [2.05, 4.69) is 4.90 Å². The second-order valence-corrected chi connectivity index (χ2v) is 8.84. The van der Waals surface area contributed by atoms with Gasteiger partial charge >= 0.3 is 12.1 Å². The van der Waals surface area contributed by atoms with Gasteiger partial charge < -0.3 is 19.3 Å². The predicted octanol–water partition coefficient (Wildman–Crippen LogP) is 3.45. The number of nitrogens with zero attached hydrogens (tertiary/aromatic N) is 2. The van der Waals surface area contributed by atoms with E-state index in [-0.39, 0.29) is 18.0 Å². The van der Waals surface area contributed by atoms with E-state index in [4.69, 9.17) is 9.47 Å². The highest BCUT2D eigenvalue weighted by Gasteiger charge is 2.51. The van der Waals surface area contributed by atoms with Crippen molar-refractivity contribution in [1.29, 1.82) is 0 Å². The van der Waals surface area contributed by atoms with Gasteiger partial charge in [0.25, 0.3) is 0 Å². The Bertz CT molecular complexity index is 709. The zero-order valence-corrected chi connectivity index (χ0v) is 17.3. The molecule has 1 spiro atoms. The Morgan fingerprint density at radius 3 is 2.48 bits per heavy atom. The lowest BCUT2D eigenvalue weighted by atomic mass is 9.64. The number of amides is 1. The number of ether oxygens (including phenoxy) is 2. The molecule has 1 aromatic rings. The molecule has 0 aromatic heterocycles. The second kappa shape index (κ2) is 8.74.